The van der Waals surface area contributed by atoms with Crippen molar-refractivity contribution in [1.82, 2.24) is 10.2 Å². The number of aldehydes is 1. The van der Waals surface area contributed by atoms with Gasteiger partial charge in [-0.1, -0.05) is 23.7 Å². The van der Waals surface area contributed by atoms with Gasteiger partial charge >= 0.3 is 0 Å². The van der Waals surface area contributed by atoms with Gasteiger partial charge in [-0.05, 0) is 30.0 Å². The maximum Gasteiger partial charge on any atom is 0.254 e. The molecule has 0 bridgehead atoms. The van der Waals surface area contributed by atoms with E-state index < -0.39 is 0 Å². The summed E-state index contributed by atoms with van der Waals surface area (Å²) in [7, 11) is 0. The minimum Gasteiger partial charge on any atom is -0.397 e. The topological polar surface area (TPSA) is 97.0 Å². The first kappa shape index (κ1) is 19.5. The number of hydrogen-bond donors (Lipinski definition) is 2. The Morgan fingerprint density at radius 1 is 1.41 bits per heavy atom. The molecule has 1 aromatic rings. The van der Waals surface area contributed by atoms with Crippen LogP contribution in [0.3, 0.4) is 0 Å². The fraction of sp³-hybridized carbons (Fsp3) is 0.421. The number of halogens is 1. The monoisotopic (exact) mass is 390 g/mol. The molecule has 2 aliphatic rings. The van der Waals surface area contributed by atoms with Crippen LogP contribution in [0.1, 0.15) is 34.3 Å². The Morgan fingerprint density at radius 2 is 2.19 bits per heavy atom. The van der Waals surface area contributed by atoms with Crippen molar-refractivity contribution in [2.75, 3.05) is 26.4 Å². The van der Waals surface area contributed by atoms with Gasteiger partial charge in [0.05, 0.1) is 23.9 Å². The van der Waals surface area contributed by atoms with Crippen molar-refractivity contribution in [2.24, 2.45) is 10.7 Å². The Morgan fingerprint density at radius 3 is 2.93 bits per heavy atom. The highest BCUT2D eigenvalue weighted by atomic mass is 35.5. The molecule has 3 N–H and O–H groups in total. The Kier molecular flexibility index (Phi) is 6.60. The maximum atomic E-state index is 12.3. The molecule has 1 amide bonds. The number of carbonyl (C=O) groups is 2. The van der Waals surface area contributed by atoms with Crippen LogP contribution in [0.2, 0.25) is 0 Å². The van der Waals surface area contributed by atoms with Crippen molar-refractivity contribution in [3.63, 3.8) is 0 Å². The number of nitrogens with two attached hydrogens (primary N) is 1. The first-order valence-electron chi connectivity index (χ1n) is 8.92. The van der Waals surface area contributed by atoms with Gasteiger partial charge in [0.2, 0.25) is 0 Å². The smallest absolute Gasteiger partial charge is 0.254 e. The molecule has 0 atom stereocenters. The van der Waals surface area contributed by atoms with Crippen molar-refractivity contribution in [1.29, 1.82) is 0 Å². The summed E-state index contributed by atoms with van der Waals surface area (Å²) in [5.74, 6) is -0.169. The van der Waals surface area contributed by atoms with E-state index in [1.807, 2.05) is 12.1 Å². The van der Waals surface area contributed by atoms with Crippen LogP contribution in [0.5, 0.6) is 0 Å². The van der Waals surface area contributed by atoms with E-state index in [1.165, 1.54) is 11.1 Å². The van der Waals surface area contributed by atoms with Crippen molar-refractivity contribution in [3.8, 4) is 0 Å². The molecule has 1 saturated heterocycles. The van der Waals surface area contributed by atoms with Crippen molar-refractivity contribution in [3.05, 3.63) is 39.9 Å². The van der Waals surface area contributed by atoms with Gasteiger partial charge in [0.25, 0.3) is 5.91 Å². The zero-order chi connectivity index (χ0) is 19.2. The number of carbonyl (C=O) groups excluding carboxylic acids is 2. The number of rotatable bonds is 7. The minimum absolute atomic E-state index is 0.0850. The Hall–Kier alpha value is -2.22. The molecule has 2 heterocycles. The van der Waals surface area contributed by atoms with Gasteiger partial charge in [-0.15, -0.1) is 0 Å². The van der Waals surface area contributed by atoms with Gasteiger partial charge in [-0.3, -0.25) is 15.1 Å². The van der Waals surface area contributed by atoms with Crippen molar-refractivity contribution < 1.29 is 14.3 Å². The molecule has 27 heavy (non-hydrogen) atoms. The number of aliphatic imine (C=N–C) groups is 1. The molecule has 0 saturated carbocycles. The van der Waals surface area contributed by atoms with Crippen LogP contribution in [-0.2, 0) is 16.1 Å². The first-order chi connectivity index (χ1) is 13.1. The number of allylic oxidation sites excluding steroid dienone is 1. The van der Waals surface area contributed by atoms with Crippen LogP contribution in [0, 0.1) is 0 Å². The largest absolute Gasteiger partial charge is 0.397 e. The third kappa shape index (κ3) is 4.74. The lowest BCUT2D eigenvalue weighted by atomic mass is 10.0. The van der Waals surface area contributed by atoms with E-state index in [0.717, 1.165) is 37.9 Å². The number of nitrogens with zero attached hydrogens (tertiary/aromatic N) is 2. The summed E-state index contributed by atoms with van der Waals surface area (Å²) in [5.41, 5.74) is 8.58. The third-order valence-corrected chi connectivity index (χ3v) is 5.05. The second-order valence-electron chi connectivity index (χ2n) is 6.55. The van der Waals surface area contributed by atoms with Crippen LogP contribution < -0.4 is 11.1 Å². The quantitative estimate of drug-likeness (QED) is 0.543. The lowest BCUT2D eigenvalue weighted by Crippen LogP contribution is -2.34. The molecule has 0 aromatic heterocycles. The van der Waals surface area contributed by atoms with E-state index in [9.17, 15) is 9.59 Å². The standard InChI is InChI=1S/C19H23ClN4O3/c20-17(10-22-12-23-15-3-7-27-8-4-15)18(21)13-1-2-14-11-24(5-6-25)19(26)16(14)9-13/h1-2,6,9-10,15,23H,3-5,7-8,11-12,21H2/b18-17+,22-10-. The average molecular weight is 391 g/mol. The van der Waals surface area contributed by atoms with E-state index >= 15 is 0 Å². The minimum atomic E-state index is -0.169. The molecule has 7 nitrogen and oxygen atoms in total. The Labute approximate surface area is 163 Å². The summed E-state index contributed by atoms with van der Waals surface area (Å²) < 4.78 is 5.32. The number of hydrogen-bond acceptors (Lipinski definition) is 6. The van der Waals surface area contributed by atoms with Gasteiger partial charge in [0.1, 0.15) is 6.29 Å². The Bertz CT molecular complexity index is 772. The maximum absolute atomic E-state index is 12.3. The number of amides is 1. The zero-order valence-corrected chi connectivity index (χ0v) is 15.7. The number of ether oxygens (including phenoxy) is 1. The molecular formula is C19H23ClN4O3. The first-order valence-corrected chi connectivity index (χ1v) is 9.30. The SMILES string of the molecule is N/C(=C(Cl)\C=N/CNC1CCOCC1)c1ccc2c(c1)C(=O)N(CC=O)C2. The lowest BCUT2D eigenvalue weighted by Gasteiger charge is -2.22. The van der Waals surface area contributed by atoms with E-state index in [2.05, 4.69) is 10.3 Å². The number of fused-ring (bicyclic) bond motifs is 1. The van der Waals surface area contributed by atoms with Crippen LogP contribution in [0.25, 0.3) is 5.70 Å². The second-order valence-corrected chi connectivity index (χ2v) is 6.95. The summed E-state index contributed by atoms with van der Waals surface area (Å²) >= 11 is 6.27. The predicted octanol–water partition coefficient (Wildman–Crippen LogP) is 1.50. The van der Waals surface area contributed by atoms with E-state index in [1.54, 1.807) is 6.07 Å². The molecular weight excluding hydrogens is 368 g/mol. The fourth-order valence-corrected chi connectivity index (χ4v) is 3.36. The Balaban J connectivity index is 1.64. The molecule has 0 unspecified atom stereocenters. The van der Waals surface area contributed by atoms with E-state index in [0.29, 0.717) is 41.1 Å². The predicted molar refractivity (Wildman–Crippen MR) is 105 cm³/mol. The van der Waals surface area contributed by atoms with Crippen LogP contribution in [0.4, 0.5) is 0 Å². The third-order valence-electron chi connectivity index (χ3n) is 4.75. The summed E-state index contributed by atoms with van der Waals surface area (Å²) in [6, 6.07) is 5.79. The molecule has 144 valence electrons. The highest BCUT2D eigenvalue weighted by Gasteiger charge is 2.27. The zero-order valence-electron chi connectivity index (χ0n) is 15.0. The summed E-state index contributed by atoms with van der Waals surface area (Å²) in [5, 5.41) is 3.65. The summed E-state index contributed by atoms with van der Waals surface area (Å²) in [6.45, 7) is 2.52. The van der Waals surface area contributed by atoms with Gasteiger partial charge in [-0.25, -0.2) is 0 Å². The number of nitrogens with one attached hydrogen (secondary N) is 1. The van der Waals surface area contributed by atoms with E-state index in [-0.39, 0.29) is 12.5 Å². The number of benzene rings is 1. The molecule has 1 aromatic carbocycles. The molecule has 8 heteroatoms. The fourth-order valence-electron chi connectivity index (χ4n) is 3.18. The van der Waals surface area contributed by atoms with Gasteiger partial charge < -0.3 is 20.2 Å². The normalized spacial score (nSPS) is 18.7. The van der Waals surface area contributed by atoms with Crippen molar-refractivity contribution >= 4 is 35.7 Å². The van der Waals surface area contributed by atoms with Gasteiger partial charge in [0.15, 0.2) is 0 Å². The molecule has 0 radical (unpaired) electrons. The molecule has 2 aliphatic heterocycles. The van der Waals surface area contributed by atoms with Crippen LogP contribution in [0.15, 0.2) is 28.2 Å². The highest BCUT2D eigenvalue weighted by molar-refractivity contribution is 6.42. The van der Waals surface area contributed by atoms with Crippen LogP contribution >= 0.6 is 11.6 Å². The molecule has 0 spiro atoms. The summed E-state index contributed by atoms with van der Waals surface area (Å²) in [6.07, 6.45) is 4.20. The van der Waals surface area contributed by atoms with Crippen LogP contribution in [-0.4, -0.2) is 55.8 Å². The summed E-state index contributed by atoms with van der Waals surface area (Å²) in [4.78, 5) is 28.8. The molecule has 0 aliphatic carbocycles. The van der Waals surface area contributed by atoms with Gasteiger partial charge in [0, 0.05) is 37.6 Å². The van der Waals surface area contributed by atoms with E-state index in [4.69, 9.17) is 22.1 Å². The highest BCUT2D eigenvalue weighted by Crippen LogP contribution is 2.26. The average Bonchev–Trinajstić information content (AvgIpc) is 3.01. The lowest BCUT2D eigenvalue weighted by molar-refractivity contribution is -0.108. The van der Waals surface area contributed by atoms with Crippen molar-refractivity contribution in [2.45, 2.75) is 25.4 Å². The molecule has 1 fully saturated rings. The van der Waals surface area contributed by atoms with Gasteiger partial charge in [-0.2, -0.15) is 0 Å². The molecule has 3 rings (SSSR count). The second kappa shape index (κ2) is 9.12.